The highest BCUT2D eigenvalue weighted by Crippen LogP contribution is 2.18. The summed E-state index contributed by atoms with van der Waals surface area (Å²) in [5.74, 6) is -2.54. The normalized spacial score (nSPS) is 16.8. The Bertz CT molecular complexity index is 1040. The molecule has 3 unspecified atom stereocenters. The highest BCUT2D eigenvalue weighted by molar-refractivity contribution is 5.93. The van der Waals surface area contributed by atoms with Gasteiger partial charge in [0, 0.05) is 13.0 Å². The smallest absolute Gasteiger partial charge is 0.326 e. The molecule has 2 aromatic carbocycles. The zero-order valence-corrected chi connectivity index (χ0v) is 19.2. The molecule has 0 saturated carbocycles. The number of carbonyl (C=O) groups excluding carboxylic acids is 3. The largest absolute Gasteiger partial charge is 0.508 e. The minimum Gasteiger partial charge on any atom is -0.508 e. The molecule has 10 heteroatoms. The molecule has 1 aliphatic rings. The minimum absolute atomic E-state index is 0.108. The lowest BCUT2D eigenvalue weighted by Gasteiger charge is -2.26. The molecule has 186 valence electrons. The average molecular weight is 483 g/mol. The van der Waals surface area contributed by atoms with E-state index in [1.807, 2.05) is 6.07 Å². The molecule has 3 atom stereocenters. The first-order valence-corrected chi connectivity index (χ1v) is 11.4. The summed E-state index contributed by atoms with van der Waals surface area (Å²) in [7, 11) is 0. The second-order valence-corrected chi connectivity index (χ2v) is 8.53. The fourth-order valence-corrected chi connectivity index (χ4v) is 4.03. The molecule has 10 nitrogen and oxygen atoms in total. The molecule has 2 aromatic rings. The van der Waals surface area contributed by atoms with Crippen LogP contribution in [0.15, 0.2) is 54.6 Å². The molecule has 0 aliphatic carbocycles. The highest BCUT2D eigenvalue weighted by Gasteiger charge is 2.36. The predicted molar refractivity (Wildman–Crippen MR) is 127 cm³/mol. The third-order valence-electron chi connectivity index (χ3n) is 5.92. The number of rotatable bonds is 10. The Morgan fingerprint density at radius 1 is 1.00 bits per heavy atom. The van der Waals surface area contributed by atoms with Crippen molar-refractivity contribution in [3.05, 3.63) is 65.7 Å². The number of phenolic OH excluding ortho intramolecular Hbond substituents is 1. The Balaban J connectivity index is 1.52. The maximum atomic E-state index is 12.8. The number of hydrogen-bond donors (Lipinski definition) is 5. The zero-order chi connectivity index (χ0) is 25.4. The summed E-state index contributed by atoms with van der Waals surface area (Å²) >= 11 is 0. The van der Waals surface area contributed by atoms with E-state index in [1.54, 1.807) is 36.4 Å². The zero-order valence-electron chi connectivity index (χ0n) is 19.2. The minimum atomic E-state index is -1.16. The molecule has 0 aromatic heterocycles. The molecule has 0 bridgehead atoms. The van der Waals surface area contributed by atoms with Crippen LogP contribution in [-0.4, -0.2) is 70.0 Å². The first-order valence-electron chi connectivity index (χ1n) is 11.4. The molecule has 3 rings (SSSR count). The fourth-order valence-electron chi connectivity index (χ4n) is 4.03. The first-order chi connectivity index (χ1) is 16.7. The highest BCUT2D eigenvalue weighted by atomic mass is 16.4. The topological polar surface area (TPSA) is 162 Å². The number of hydrogen-bond acceptors (Lipinski definition) is 6. The Labute approximate surface area is 203 Å². The number of carboxylic acid groups (broad SMARTS) is 1. The summed E-state index contributed by atoms with van der Waals surface area (Å²) in [6.07, 6.45) is 1.35. The van der Waals surface area contributed by atoms with E-state index < -0.39 is 41.8 Å². The summed E-state index contributed by atoms with van der Waals surface area (Å²) < 4.78 is 0. The van der Waals surface area contributed by atoms with Crippen LogP contribution in [0.4, 0.5) is 0 Å². The van der Waals surface area contributed by atoms with Crippen molar-refractivity contribution in [2.45, 2.75) is 43.8 Å². The number of benzene rings is 2. The number of nitrogens with zero attached hydrogens (tertiary/aromatic N) is 1. The fraction of sp³-hybridized carbons (Fsp3) is 0.360. The van der Waals surface area contributed by atoms with E-state index in [0.29, 0.717) is 19.4 Å². The standard InChI is InChI=1S/C25H30N4O6/c26-19(13-17-8-10-18(30)11-9-17)23(32)27-15-22(31)29-12-4-7-21(29)24(33)28-20(25(34)35)14-16-5-2-1-3-6-16/h1-3,5-6,8-11,19-21,30H,4,7,12-15,26H2,(H,27,32)(H,28,33)(H,34,35). The SMILES string of the molecule is NC(Cc1ccc(O)cc1)C(=O)NCC(=O)N1CCCC1C(=O)NC(Cc1ccccc1)C(=O)O. The lowest BCUT2D eigenvalue weighted by Crippen LogP contribution is -2.53. The van der Waals surface area contributed by atoms with Gasteiger partial charge < -0.3 is 31.5 Å². The molecule has 1 fully saturated rings. The third-order valence-corrected chi connectivity index (χ3v) is 5.92. The molecule has 6 N–H and O–H groups in total. The number of aromatic hydroxyl groups is 1. The van der Waals surface area contributed by atoms with Crippen molar-refractivity contribution in [3.63, 3.8) is 0 Å². The van der Waals surface area contributed by atoms with Gasteiger partial charge in [0.2, 0.25) is 17.7 Å². The van der Waals surface area contributed by atoms with E-state index in [9.17, 15) is 29.4 Å². The van der Waals surface area contributed by atoms with Crippen molar-refractivity contribution in [3.8, 4) is 5.75 Å². The Morgan fingerprint density at radius 3 is 2.31 bits per heavy atom. The van der Waals surface area contributed by atoms with E-state index in [2.05, 4.69) is 10.6 Å². The number of nitrogens with two attached hydrogens (primary N) is 1. The number of phenols is 1. The van der Waals surface area contributed by atoms with E-state index in [4.69, 9.17) is 5.73 Å². The van der Waals surface area contributed by atoms with Crippen molar-refractivity contribution in [1.82, 2.24) is 15.5 Å². The maximum absolute atomic E-state index is 12.8. The van der Waals surface area contributed by atoms with Gasteiger partial charge in [-0.2, -0.15) is 0 Å². The molecule has 1 saturated heterocycles. The van der Waals surface area contributed by atoms with Gasteiger partial charge in [-0.15, -0.1) is 0 Å². The summed E-state index contributed by atoms with van der Waals surface area (Å²) in [5.41, 5.74) is 7.46. The van der Waals surface area contributed by atoms with E-state index in [0.717, 1.165) is 11.1 Å². The van der Waals surface area contributed by atoms with Crippen LogP contribution in [0.3, 0.4) is 0 Å². The third kappa shape index (κ3) is 7.28. The quantitative estimate of drug-likeness (QED) is 0.323. The van der Waals surface area contributed by atoms with Crippen molar-refractivity contribution in [2.75, 3.05) is 13.1 Å². The van der Waals surface area contributed by atoms with Crippen molar-refractivity contribution in [2.24, 2.45) is 5.73 Å². The van der Waals surface area contributed by atoms with Gasteiger partial charge in [0.25, 0.3) is 0 Å². The Hall–Kier alpha value is -3.92. The Morgan fingerprint density at radius 2 is 1.66 bits per heavy atom. The number of aliphatic carboxylic acids is 1. The van der Waals surface area contributed by atoms with Crippen LogP contribution < -0.4 is 16.4 Å². The Kier molecular flexibility index (Phi) is 8.80. The first kappa shape index (κ1) is 25.7. The van der Waals surface area contributed by atoms with Crippen molar-refractivity contribution < 1.29 is 29.4 Å². The van der Waals surface area contributed by atoms with E-state index >= 15 is 0 Å². The van der Waals surface area contributed by atoms with Crippen LogP contribution in [0.25, 0.3) is 0 Å². The lowest BCUT2D eigenvalue weighted by atomic mass is 10.1. The molecule has 3 amide bonds. The maximum Gasteiger partial charge on any atom is 0.326 e. The molecule has 1 heterocycles. The summed E-state index contributed by atoms with van der Waals surface area (Å²) in [6.45, 7) is 0.0149. The van der Waals surface area contributed by atoms with Gasteiger partial charge in [-0.25, -0.2) is 4.79 Å². The van der Waals surface area contributed by atoms with Crippen LogP contribution in [0, 0.1) is 0 Å². The van der Waals surface area contributed by atoms with Crippen molar-refractivity contribution >= 4 is 23.7 Å². The van der Waals surface area contributed by atoms with Crippen LogP contribution in [0.2, 0.25) is 0 Å². The van der Waals surface area contributed by atoms with Crippen LogP contribution in [-0.2, 0) is 32.0 Å². The average Bonchev–Trinajstić information content (AvgIpc) is 3.34. The lowest BCUT2D eigenvalue weighted by molar-refractivity contribution is -0.144. The molecule has 1 aliphatic heterocycles. The van der Waals surface area contributed by atoms with Gasteiger partial charge in [-0.05, 0) is 42.5 Å². The van der Waals surface area contributed by atoms with Gasteiger partial charge in [0.15, 0.2) is 0 Å². The number of amides is 3. The second kappa shape index (κ2) is 12.0. The van der Waals surface area contributed by atoms with Gasteiger partial charge in [0.05, 0.1) is 12.6 Å². The van der Waals surface area contributed by atoms with Gasteiger partial charge in [-0.3, -0.25) is 14.4 Å². The molecular weight excluding hydrogens is 452 g/mol. The summed E-state index contributed by atoms with van der Waals surface area (Å²) in [6, 6.07) is 12.4. The second-order valence-electron chi connectivity index (χ2n) is 8.53. The molecular formula is C25H30N4O6. The number of nitrogens with one attached hydrogen (secondary N) is 2. The summed E-state index contributed by atoms with van der Waals surface area (Å²) in [4.78, 5) is 51.0. The van der Waals surface area contributed by atoms with Crippen LogP contribution >= 0.6 is 0 Å². The van der Waals surface area contributed by atoms with Crippen molar-refractivity contribution in [1.29, 1.82) is 0 Å². The van der Waals surface area contributed by atoms with Gasteiger partial charge in [-0.1, -0.05) is 42.5 Å². The van der Waals surface area contributed by atoms with Crippen LogP contribution in [0.1, 0.15) is 24.0 Å². The number of carboxylic acids is 1. The van der Waals surface area contributed by atoms with E-state index in [1.165, 1.54) is 17.0 Å². The van der Waals surface area contributed by atoms with E-state index in [-0.39, 0.29) is 25.1 Å². The number of carbonyl (C=O) groups is 4. The van der Waals surface area contributed by atoms with Gasteiger partial charge >= 0.3 is 5.97 Å². The molecule has 0 radical (unpaired) electrons. The van der Waals surface area contributed by atoms with Gasteiger partial charge in [0.1, 0.15) is 17.8 Å². The summed E-state index contributed by atoms with van der Waals surface area (Å²) in [5, 5.41) is 24.0. The number of likely N-dealkylation sites (tertiary alicyclic amines) is 1. The van der Waals surface area contributed by atoms with Crippen LogP contribution in [0.5, 0.6) is 5.75 Å². The predicted octanol–water partition coefficient (Wildman–Crippen LogP) is 0.181. The molecule has 35 heavy (non-hydrogen) atoms. The monoisotopic (exact) mass is 482 g/mol. The molecule has 0 spiro atoms.